The molecule has 0 saturated carbocycles. The number of carbonyl (C=O) groups excluding carboxylic acids is 1. The lowest BCUT2D eigenvalue weighted by Gasteiger charge is -2.06. The Labute approximate surface area is 126 Å². The molecule has 1 aromatic heterocycles. The molecular formula is C17H13ClFNO. The van der Waals surface area contributed by atoms with Crippen LogP contribution < -0.4 is 0 Å². The van der Waals surface area contributed by atoms with Gasteiger partial charge in [-0.05, 0) is 36.4 Å². The first-order valence-electron chi connectivity index (χ1n) is 6.67. The number of para-hydroxylation sites is 1. The standard InChI is InChI=1S/C17H13ClFNO/c18-15-3-1-2-13-8-10-20(17(13)15)11-9-16(21)12-4-6-14(19)7-5-12/h1-8,10H,9,11H2. The Bertz CT molecular complexity index is 792. The van der Waals surface area contributed by atoms with Crippen LogP contribution in [-0.4, -0.2) is 10.4 Å². The lowest BCUT2D eigenvalue weighted by Crippen LogP contribution is -2.05. The largest absolute Gasteiger partial charge is 0.346 e. The molecule has 0 saturated heterocycles. The second-order valence-corrected chi connectivity index (χ2v) is 5.27. The summed E-state index contributed by atoms with van der Waals surface area (Å²) in [6.07, 6.45) is 2.27. The zero-order valence-electron chi connectivity index (χ0n) is 11.2. The van der Waals surface area contributed by atoms with Gasteiger partial charge in [-0.2, -0.15) is 0 Å². The molecular weight excluding hydrogens is 289 g/mol. The Morgan fingerprint density at radius 3 is 2.62 bits per heavy atom. The molecule has 0 atom stereocenters. The number of carbonyl (C=O) groups is 1. The first-order valence-corrected chi connectivity index (χ1v) is 7.05. The highest BCUT2D eigenvalue weighted by atomic mass is 35.5. The second kappa shape index (κ2) is 5.70. The summed E-state index contributed by atoms with van der Waals surface area (Å²) in [6.45, 7) is 0.545. The fourth-order valence-corrected chi connectivity index (χ4v) is 2.69. The molecule has 0 amide bonds. The predicted octanol–water partition coefficient (Wildman–Crippen LogP) is 4.71. The highest BCUT2D eigenvalue weighted by Crippen LogP contribution is 2.24. The highest BCUT2D eigenvalue weighted by molar-refractivity contribution is 6.35. The molecule has 0 spiro atoms. The van der Waals surface area contributed by atoms with Gasteiger partial charge in [0.15, 0.2) is 5.78 Å². The molecule has 0 radical (unpaired) electrons. The number of ketones is 1. The summed E-state index contributed by atoms with van der Waals surface area (Å²) in [5, 5.41) is 1.73. The van der Waals surface area contributed by atoms with Crippen LogP contribution in [0.3, 0.4) is 0 Å². The molecule has 4 heteroatoms. The lowest BCUT2D eigenvalue weighted by molar-refractivity contribution is 0.0977. The zero-order chi connectivity index (χ0) is 14.8. The van der Waals surface area contributed by atoms with Crippen molar-refractivity contribution < 1.29 is 9.18 Å². The van der Waals surface area contributed by atoms with E-state index >= 15 is 0 Å². The summed E-state index contributed by atoms with van der Waals surface area (Å²) in [7, 11) is 0. The molecule has 106 valence electrons. The SMILES string of the molecule is O=C(CCn1ccc2cccc(Cl)c21)c1ccc(F)cc1. The minimum atomic E-state index is -0.338. The fraction of sp³-hybridized carbons (Fsp3) is 0.118. The lowest BCUT2D eigenvalue weighted by atomic mass is 10.1. The van der Waals surface area contributed by atoms with Crippen molar-refractivity contribution in [1.82, 2.24) is 4.57 Å². The molecule has 2 aromatic carbocycles. The number of hydrogen-bond acceptors (Lipinski definition) is 1. The number of rotatable bonds is 4. The van der Waals surface area contributed by atoms with E-state index in [9.17, 15) is 9.18 Å². The Morgan fingerprint density at radius 1 is 1.10 bits per heavy atom. The van der Waals surface area contributed by atoms with Gasteiger partial charge in [0.1, 0.15) is 5.82 Å². The molecule has 0 aliphatic carbocycles. The number of hydrogen-bond donors (Lipinski definition) is 0. The van der Waals surface area contributed by atoms with Crippen molar-refractivity contribution in [3.8, 4) is 0 Å². The number of nitrogens with zero attached hydrogens (tertiary/aromatic N) is 1. The van der Waals surface area contributed by atoms with Gasteiger partial charge < -0.3 is 4.57 Å². The van der Waals surface area contributed by atoms with Crippen LogP contribution >= 0.6 is 11.6 Å². The Kier molecular flexibility index (Phi) is 3.76. The molecule has 0 bridgehead atoms. The maximum Gasteiger partial charge on any atom is 0.164 e. The van der Waals surface area contributed by atoms with Crippen LogP contribution in [-0.2, 0) is 6.54 Å². The summed E-state index contributed by atoms with van der Waals surface area (Å²) in [6, 6.07) is 13.3. The van der Waals surface area contributed by atoms with Crippen LogP contribution in [0.15, 0.2) is 54.7 Å². The van der Waals surface area contributed by atoms with Gasteiger partial charge in [0.2, 0.25) is 0 Å². The minimum absolute atomic E-state index is 0.0103. The molecule has 1 heterocycles. The third-order valence-corrected chi connectivity index (χ3v) is 3.79. The van der Waals surface area contributed by atoms with Crippen LogP contribution in [0.25, 0.3) is 10.9 Å². The summed E-state index contributed by atoms with van der Waals surface area (Å²) in [5.74, 6) is -0.348. The van der Waals surface area contributed by atoms with Crippen molar-refractivity contribution in [1.29, 1.82) is 0 Å². The molecule has 0 aliphatic rings. The molecule has 0 aliphatic heterocycles. The van der Waals surface area contributed by atoms with Crippen LogP contribution in [0.2, 0.25) is 5.02 Å². The Morgan fingerprint density at radius 2 is 1.86 bits per heavy atom. The second-order valence-electron chi connectivity index (χ2n) is 4.87. The number of fused-ring (bicyclic) bond motifs is 1. The van der Waals surface area contributed by atoms with Crippen molar-refractivity contribution in [2.24, 2.45) is 0 Å². The summed E-state index contributed by atoms with van der Waals surface area (Å²) >= 11 is 6.21. The Hall–Kier alpha value is -2.13. The summed E-state index contributed by atoms with van der Waals surface area (Å²) in [5.41, 5.74) is 1.46. The average Bonchev–Trinajstić information content (AvgIpc) is 2.90. The van der Waals surface area contributed by atoms with Crippen molar-refractivity contribution >= 4 is 28.3 Å². The van der Waals surface area contributed by atoms with Crippen LogP contribution in [0, 0.1) is 5.82 Å². The molecule has 2 nitrogen and oxygen atoms in total. The third kappa shape index (κ3) is 2.83. The van der Waals surface area contributed by atoms with E-state index in [1.165, 1.54) is 24.3 Å². The molecule has 0 fully saturated rings. The highest BCUT2D eigenvalue weighted by Gasteiger charge is 2.09. The molecule has 0 unspecified atom stereocenters. The van der Waals surface area contributed by atoms with Gasteiger partial charge in [-0.3, -0.25) is 4.79 Å². The molecule has 3 aromatic rings. The number of aromatic nitrogens is 1. The van der Waals surface area contributed by atoms with Gasteiger partial charge >= 0.3 is 0 Å². The van der Waals surface area contributed by atoms with Crippen molar-refractivity contribution in [2.45, 2.75) is 13.0 Å². The quantitative estimate of drug-likeness (QED) is 0.640. The van der Waals surface area contributed by atoms with Gasteiger partial charge in [0, 0.05) is 30.1 Å². The van der Waals surface area contributed by atoms with Gasteiger partial charge in [0.05, 0.1) is 10.5 Å². The zero-order valence-corrected chi connectivity index (χ0v) is 12.0. The van der Waals surface area contributed by atoms with E-state index in [2.05, 4.69) is 0 Å². The van der Waals surface area contributed by atoms with E-state index in [1.54, 1.807) is 0 Å². The monoisotopic (exact) mass is 301 g/mol. The average molecular weight is 302 g/mol. The smallest absolute Gasteiger partial charge is 0.164 e. The summed E-state index contributed by atoms with van der Waals surface area (Å²) in [4.78, 5) is 12.1. The van der Waals surface area contributed by atoms with Gasteiger partial charge in [-0.1, -0.05) is 23.7 Å². The van der Waals surface area contributed by atoms with E-state index in [0.717, 1.165) is 10.9 Å². The van der Waals surface area contributed by atoms with Crippen molar-refractivity contribution in [3.05, 3.63) is 71.1 Å². The third-order valence-electron chi connectivity index (χ3n) is 3.49. The van der Waals surface area contributed by atoms with Gasteiger partial charge in [-0.25, -0.2) is 4.39 Å². The van der Waals surface area contributed by atoms with E-state index < -0.39 is 0 Å². The van der Waals surface area contributed by atoms with E-state index in [-0.39, 0.29) is 11.6 Å². The Balaban J connectivity index is 1.77. The van der Waals surface area contributed by atoms with Crippen molar-refractivity contribution in [2.75, 3.05) is 0 Å². The normalized spacial score (nSPS) is 11.0. The first-order chi connectivity index (χ1) is 10.1. The van der Waals surface area contributed by atoms with Crippen LogP contribution in [0.4, 0.5) is 4.39 Å². The topological polar surface area (TPSA) is 22.0 Å². The number of aryl methyl sites for hydroxylation is 1. The number of benzene rings is 2. The summed E-state index contributed by atoms with van der Waals surface area (Å²) < 4.78 is 14.8. The maximum atomic E-state index is 12.8. The van der Waals surface area contributed by atoms with Crippen LogP contribution in [0.5, 0.6) is 0 Å². The molecule has 0 N–H and O–H groups in total. The van der Waals surface area contributed by atoms with Gasteiger partial charge in [-0.15, -0.1) is 0 Å². The maximum absolute atomic E-state index is 12.8. The number of halogens is 2. The first kappa shape index (κ1) is 13.8. The molecule has 21 heavy (non-hydrogen) atoms. The van der Waals surface area contributed by atoms with E-state index in [4.69, 9.17) is 11.6 Å². The van der Waals surface area contributed by atoms with E-state index in [1.807, 2.05) is 35.0 Å². The molecule has 3 rings (SSSR count). The van der Waals surface area contributed by atoms with Crippen LogP contribution in [0.1, 0.15) is 16.8 Å². The van der Waals surface area contributed by atoms with Gasteiger partial charge in [0.25, 0.3) is 0 Å². The minimum Gasteiger partial charge on any atom is -0.346 e. The van der Waals surface area contributed by atoms with E-state index in [0.29, 0.717) is 23.6 Å². The predicted molar refractivity (Wildman–Crippen MR) is 82.3 cm³/mol. The fourth-order valence-electron chi connectivity index (χ4n) is 2.40. The number of Topliss-reactive ketones (excluding diaryl/α,β-unsaturated/α-hetero) is 1. The van der Waals surface area contributed by atoms with Crippen molar-refractivity contribution in [3.63, 3.8) is 0 Å².